The zero-order valence-corrected chi connectivity index (χ0v) is 37.0. The van der Waals surface area contributed by atoms with Gasteiger partial charge in [-0.2, -0.15) is 0 Å². The van der Waals surface area contributed by atoms with Crippen molar-refractivity contribution in [3.8, 4) is 0 Å². The number of carbonyl (C=O) groups is 5. The summed E-state index contributed by atoms with van der Waals surface area (Å²) in [6.07, 6.45) is 4.85. The third-order valence-corrected chi connectivity index (χ3v) is 8.22. The van der Waals surface area contributed by atoms with E-state index in [2.05, 4.69) is 9.80 Å². The molecule has 0 bridgehead atoms. The van der Waals surface area contributed by atoms with Crippen LogP contribution in [-0.2, 0) is 19.1 Å². The number of hydrogen-bond donors (Lipinski definition) is 1. The van der Waals surface area contributed by atoms with Crippen molar-refractivity contribution in [3.63, 3.8) is 0 Å². The predicted molar refractivity (Wildman–Crippen MR) is 218 cm³/mol. The number of benzene rings is 4. The molecule has 4 aromatic rings. The molecule has 0 aliphatic rings. The molecule has 4 aromatic carbocycles. The minimum Gasteiger partial charge on any atom is -0.512 e. The molecule has 57 heavy (non-hydrogen) atoms. The van der Waals surface area contributed by atoms with Crippen LogP contribution in [0.4, 0.5) is 11.4 Å². The third kappa shape index (κ3) is 22.1. The number of ether oxygens (including phenoxy) is 2. The average Bonchev–Trinajstić information content (AvgIpc) is 3.25. The summed E-state index contributed by atoms with van der Waals surface area (Å²) in [5.41, 5.74) is 4.53. The Morgan fingerprint density at radius 3 is 1.40 bits per heavy atom. The van der Waals surface area contributed by atoms with Gasteiger partial charge in [-0.1, -0.05) is 60.7 Å². The van der Waals surface area contributed by atoms with Crippen LogP contribution in [0.25, 0.3) is 0 Å². The van der Waals surface area contributed by atoms with Gasteiger partial charge in [0.1, 0.15) is 18.7 Å². The van der Waals surface area contributed by atoms with Gasteiger partial charge in [-0.15, -0.1) is 0 Å². The molecule has 11 nitrogen and oxygen atoms in total. The van der Waals surface area contributed by atoms with E-state index < -0.39 is 6.10 Å². The van der Waals surface area contributed by atoms with Gasteiger partial charge in [0, 0.05) is 68.1 Å². The van der Waals surface area contributed by atoms with Crippen molar-refractivity contribution in [1.82, 2.24) is 0 Å². The summed E-state index contributed by atoms with van der Waals surface area (Å²) in [6.45, 7) is 10.9. The Morgan fingerprint density at radius 2 is 1.02 bits per heavy atom. The summed E-state index contributed by atoms with van der Waals surface area (Å²) >= 11 is 0. The van der Waals surface area contributed by atoms with Crippen molar-refractivity contribution in [1.29, 1.82) is 5.26 Å². The van der Waals surface area contributed by atoms with Gasteiger partial charge in [-0.25, -0.2) is 0 Å². The topological polar surface area (TPSA) is 154 Å². The average molecular weight is 804 g/mol. The van der Waals surface area contributed by atoms with Gasteiger partial charge in [0.25, 0.3) is 0 Å². The summed E-state index contributed by atoms with van der Waals surface area (Å²) in [4.78, 5) is 59.7. The van der Waals surface area contributed by atoms with Crippen molar-refractivity contribution in [2.75, 3.05) is 50.2 Å². The molecule has 0 saturated carbocycles. The first-order valence-electron chi connectivity index (χ1n) is 18.5. The molecule has 0 spiro atoms. The maximum atomic E-state index is 12.4. The van der Waals surface area contributed by atoms with Gasteiger partial charge in [0.2, 0.25) is 0 Å². The number of anilines is 2. The smallest absolute Gasteiger partial charge is 0.512 e. The van der Waals surface area contributed by atoms with Gasteiger partial charge in [0.05, 0.1) is 13.2 Å². The summed E-state index contributed by atoms with van der Waals surface area (Å²) < 4.78 is 9.79. The second-order valence-electron chi connectivity index (χ2n) is 12.3. The Kier molecular flexibility index (Phi) is 30.0. The van der Waals surface area contributed by atoms with E-state index in [0.29, 0.717) is 42.7 Å². The van der Waals surface area contributed by atoms with Gasteiger partial charge in [0.15, 0.2) is 5.78 Å². The number of esters is 2. The molecule has 298 valence electrons. The molecule has 4 rings (SSSR count). The van der Waals surface area contributed by atoms with Crippen LogP contribution in [-0.4, -0.2) is 75.8 Å². The maximum Gasteiger partial charge on any atom is 1.00 e. The van der Waals surface area contributed by atoms with E-state index >= 15 is 0 Å². The Labute approximate surface area is 380 Å². The number of hydrogen-bond acceptors (Lipinski definition) is 11. The van der Waals surface area contributed by atoms with E-state index in [1.807, 2.05) is 69.6 Å². The number of Topliss-reactive ketones (excluding diaryl/α,β-unsaturated/α-hetero) is 1. The summed E-state index contributed by atoms with van der Waals surface area (Å²) in [5.74, 6) is -0.592. The van der Waals surface area contributed by atoms with Crippen LogP contribution in [0.15, 0.2) is 109 Å². The molecule has 0 amide bonds. The molecule has 0 radical (unpaired) electrons. The van der Waals surface area contributed by atoms with Crippen LogP contribution >= 0.6 is 0 Å². The van der Waals surface area contributed by atoms with E-state index in [9.17, 15) is 29.1 Å². The Hall–Kier alpha value is -4.48. The van der Waals surface area contributed by atoms with Crippen LogP contribution < -0.4 is 61.2 Å². The first kappa shape index (κ1) is 52.5. The van der Waals surface area contributed by atoms with E-state index in [-0.39, 0.29) is 69.1 Å². The zero-order chi connectivity index (χ0) is 41.6. The van der Waals surface area contributed by atoms with Gasteiger partial charge in [-0.3, -0.25) is 24.0 Å². The summed E-state index contributed by atoms with van der Waals surface area (Å²) in [7, 11) is 3.97. The number of ketones is 1. The van der Waals surface area contributed by atoms with Crippen LogP contribution in [0.2, 0.25) is 0 Å². The van der Waals surface area contributed by atoms with Crippen molar-refractivity contribution in [3.05, 3.63) is 138 Å². The Bertz CT molecular complexity index is 1720. The minimum atomic E-state index is -1.15. The molecule has 1 unspecified atom stereocenters. The second-order valence-corrected chi connectivity index (χ2v) is 12.3. The number of aliphatic hydroxyl groups excluding tert-OH is 1. The van der Waals surface area contributed by atoms with E-state index in [1.54, 1.807) is 67.6 Å². The molecule has 0 heterocycles. The third-order valence-electron chi connectivity index (χ3n) is 8.22. The number of carbonyl (C=O) groups excluding carboxylic acids is 5. The summed E-state index contributed by atoms with van der Waals surface area (Å²) in [6, 6.07) is 32.7. The number of unbranched alkanes of at least 4 members (excludes halogenated alkanes) is 2. The monoisotopic (exact) mass is 803 g/mol. The van der Waals surface area contributed by atoms with Gasteiger partial charge < -0.3 is 36.2 Å². The van der Waals surface area contributed by atoms with Gasteiger partial charge >= 0.3 is 63.3 Å². The zero-order valence-electron chi connectivity index (χ0n) is 33.8. The molecule has 0 aromatic heterocycles. The number of rotatable bonds is 19. The van der Waals surface area contributed by atoms with Crippen molar-refractivity contribution in [2.24, 2.45) is 0 Å². The van der Waals surface area contributed by atoms with Crippen LogP contribution in [0.3, 0.4) is 0 Å². The molecular weight excluding hydrogens is 750 g/mol. The molecule has 1 atom stereocenters. The Balaban J connectivity index is 0.000000904. The quantitative estimate of drug-likeness (QED) is 0.0339. The largest absolute Gasteiger partial charge is 1.00 e. The van der Waals surface area contributed by atoms with Crippen LogP contribution in [0, 0.1) is 11.8 Å². The molecule has 0 aliphatic heterocycles. The SMILES string of the molecule is CCOC(=O)CCCCN(C)c1ccc(C(=O)C(O)c2ccccc2)cc1.CCOC(=O)CCCCN(C)c1ccc(C=O)cc1.O=Cc1ccccc1.[C-]#N.[K+]. The normalized spacial score (nSPS) is 10.1. The molecule has 0 aliphatic carbocycles. The van der Waals surface area contributed by atoms with Crippen LogP contribution in [0.5, 0.6) is 0 Å². The first-order chi connectivity index (χ1) is 27.1. The first-order valence-corrected chi connectivity index (χ1v) is 18.5. The fourth-order valence-electron chi connectivity index (χ4n) is 5.12. The number of aldehydes is 2. The fourth-order valence-corrected chi connectivity index (χ4v) is 5.12. The minimum absolute atomic E-state index is 0. The van der Waals surface area contributed by atoms with Crippen molar-refractivity contribution < 1.29 is 89.9 Å². The molecular formula is C45H54KN3O8. The number of nitrogens with zero attached hydrogens (tertiary/aromatic N) is 3. The van der Waals surface area contributed by atoms with E-state index in [0.717, 1.165) is 68.3 Å². The predicted octanol–water partition coefficient (Wildman–Crippen LogP) is 5.04. The molecule has 0 saturated heterocycles. The van der Waals surface area contributed by atoms with E-state index in [1.165, 1.54) is 0 Å². The van der Waals surface area contributed by atoms with Crippen molar-refractivity contribution in [2.45, 2.75) is 58.5 Å². The standard InChI is InChI=1S/C22H27NO4.C15H21NO3.C7H6O.CN.K/c1-3-27-20(24)11-7-8-16-23(2)19-14-12-18(13-15-19)22(26)21(25)17-9-5-4-6-10-17;1-3-19-15(18)6-4-5-11-16(2)14-9-7-13(12-17)8-10-14;8-6-7-4-2-1-3-5-7;1-2;/h4-6,9-10,12-15,21,25H,3,7-8,11,16H2,1-2H3;7-10,12H,3-6,11H2,1-2H3;1-6H;;/q;;;-1;+1. The molecule has 0 fully saturated rings. The molecule has 1 N–H and O–H groups in total. The fraction of sp³-hybridized carbons (Fsp3) is 0.333. The second kappa shape index (κ2) is 32.6. The van der Waals surface area contributed by atoms with Gasteiger partial charge in [-0.05, 0) is 93.6 Å². The number of aliphatic hydroxyl groups is 1. The Morgan fingerprint density at radius 1 is 0.632 bits per heavy atom. The maximum absolute atomic E-state index is 12.4. The van der Waals surface area contributed by atoms with E-state index in [4.69, 9.17) is 21.3 Å². The van der Waals surface area contributed by atoms with Crippen LogP contribution in [0.1, 0.15) is 95.1 Å². The molecule has 12 heteroatoms. The van der Waals surface area contributed by atoms with Crippen molar-refractivity contribution >= 4 is 41.7 Å². The summed E-state index contributed by atoms with van der Waals surface area (Å²) in [5, 5.41) is 16.5.